The second-order valence-corrected chi connectivity index (χ2v) is 5.34. The average Bonchev–Trinajstić information content (AvgIpc) is 2.48. The Hall–Kier alpha value is -2.11. The number of carbonyl (C=O) groups is 1. The molecule has 0 heterocycles. The second kappa shape index (κ2) is 6.56. The summed E-state index contributed by atoms with van der Waals surface area (Å²) in [7, 11) is 0. The van der Waals surface area contributed by atoms with Gasteiger partial charge < -0.3 is 10.0 Å². The molecule has 1 N–H and O–H groups in total. The van der Waals surface area contributed by atoms with Gasteiger partial charge in [0.2, 0.25) is 0 Å². The monoisotopic (exact) mass is 292 g/mol. The van der Waals surface area contributed by atoms with Crippen molar-refractivity contribution < 1.29 is 14.8 Å². The molecule has 21 heavy (non-hydrogen) atoms. The summed E-state index contributed by atoms with van der Waals surface area (Å²) in [4.78, 5) is 23.9. The van der Waals surface area contributed by atoms with E-state index < -0.39 is 10.9 Å². The summed E-state index contributed by atoms with van der Waals surface area (Å²) in [6, 6.07) is 4.27. The van der Waals surface area contributed by atoms with Crippen LogP contribution in [0.15, 0.2) is 18.2 Å². The maximum Gasteiger partial charge on any atom is 0.335 e. The Morgan fingerprint density at radius 3 is 2.57 bits per heavy atom. The van der Waals surface area contributed by atoms with Crippen molar-refractivity contribution in [2.45, 2.75) is 45.1 Å². The van der Waals surface area contributed by atoms with Crippen LogP contribution in [-0.4, -0.2) is 28.6 Å². The fourth-order valence-electron chi connectivity index (χ4n) is 3.06. The summed E-state index contributed by atoms with van der Waals surface area (Å²) in [5.41, 5.74) is 0.492. The first-order valence-corrected chi connectivity index (χ1v) is 7.33. The number of rotatable bonds is 5. The Morgan fingerprint density at radius 1 is 1.38 bits per heavy atom. The highest BCUT2D eigenvalue weighted by atomic mass is 16.6. The Kier molecular flexibility index (Phi) is 4.77. The molecule has 1 aromatic rings. The molecule has 0 saturated heterocycles. The molecule has 0 aromatic heterocycles. The van der Waals surface area contributed by atoms with Crippen molar-refractivity contribution in [1.82, 2.24) is 0 Å². The van der Waals surface area contributed by atoms with Crippen molar-refractivity contribution in [3.05, 3.63) is 33.9 Å². The normalized spacial score (nSPS) is 15.7. The first-order chi connectivity index (χ1) is 10.0. The van der Waals surface area contributed by atoms with Crippen LogP contribution in [0.3, 0.4) is 0 Å². The van der Waals surface area contributed by atoms with Crippen LogP contribution in [-0.2, 0) is 0 Å². The standard InChI is InChI=1S/C15H20N2O4/c1-2-16(12-6-4-3-5-7-12)14-10-11(15(18)19)8-9-13(14)17(20)21/h8-10,12H,2-7H2,1H3,(H,18,19). The molecule has 0 atom stereocenters. The van der Waals surface area contributed by atoms with Gasteiger partial charge >= 0.3 is 5.97 Å². The third-order valence-corrected chi connectivity index (χ3v) is 4.08. The molecule has 1 aliphatic rings. The smallest absolute Gasteiger partial charge is 0.335 e. The maximum atomic E-state index is 11.2. The molecule has 1 fully saturated rings. The summed E-state index contributed by atoms with van der Waals surface area (Å²) in [5.74, 6) is -1.06. The van der Waals surface area contributed by atoms with Crippen molar-refractivity contribution in [2.75, 3.05) is 11.4 Å². The molecule has 1 aromatic carbocycles. The van der Waals surface area contributed by atoms with Gasteiger partial charge in [0.15, 0.2) is 0 Å². The fourth-order valence-corrected chi connectivity index (χ4v) is 3.06. The predicted molar refractivity (Wildman–Crippen MR) is 79.9 cm³/mol. The van der Waals surface area contributed by atoms with Crippen LogP contribution in [0, 0.1) is 10.1 Å². The number of hydrogen-bond donors (Lipinski definition) is 1. The quantitative estimate of drug-likeness (QED) is 0.663. The Balaban J connectivity index is 2.43. The van der Waals surface area contributed by atoms with Crippen molar-refractivity contribution in [3.63, 3.8) is 0 Å². The molecule has 0 spiro atoms. The summed E-state index contributed by atoms with van der Waals surface area (Å²) >= 11 is 0. The first-order valence-electron chi connectivity index (χ1n) is 7.33. The van der Waals surface area contributed by atoms with Crippen LogP contribution in [0.25, 0.3) is 0 Å². The third kappa shape index (κ3) is 3.32. The van der Waals surface area contributed by atoms with Crippen molar-refractivity contribution in [1.29, 1.82) is 0 Å². The lowest BCUT2D eigenvalue weighted by Gasteiger charge is -2.35. The van der Waals surface area contributed by atoms with Gasteiger partial charge in [-0.05, 0) is 31.9 Å². The van der Waals surface area contributed by atoms with Gasteiger partial charge in [-0.15, -0.1) is 0 Å². The van der Waals surface area contributed by atoms with E-state index >= 15 is 0 Å². The fraction of sp³-hybridized carbons (Fsp3) is 0.533. The minimum absolute atomic E-state index is 0.0209. The highest BCUT2D eigenvalue weighted by Crippen LogP contribution is 2.34. The van der Waals surface area contributed by atoms with Gasteiger partial charge in [-0.1, -0.05) is 19.3 Å². The van der Waals surface area contributed by atoms with Gasteiger partial charge in [0.25, 0.3) is 5.69 Å². The van der Waals surface area contributed by atoms with Crippen LogP contribution in [0.5, 0.6) is 0 Å². The van der Waals surface area contributed by atoms with E-state index in [1.807, 2.05) is 11.8 Å². The molecule has 6 heteroatoms. The number of nitro groups is 1. The van der Waals surface area contributed by atoms with Gasteiger partial charge in [0.1, 0.15) is 5.69 Å². The molecule has 0 bridgehead atoms. The molecule has 1 aliphatic carbocycles. The molecule has 0 aliphatic heterocycles. The van der Waals surface area contributed by atoms with Crippen LogP contribution in [0.4, 0.5) is 11.4 Å². The number of carboxylic acids is 1. The van der Waals surface area contributed by atoms with Crippen molar-refractivity contribution >= 4 is 17.3 Å². The summed E-state index contributed by atoms with van der Waals surface area (Å²) in [5, 5.41) is 20.4. The number of anilines is 1. The molecule has 0 amide bonds. The molecule has 0 unspecified atom stereocenters. The van der Waals surface area contributed by atoms with Gasteiger partial charge in [0.05, 0.1) is 10.5 Å². The van der Waals surface area contributed by atoms with E-state index in [1.165, 1.54) is 24.6 Å². The van der Waals surface area contributed by atoms with Crippen LogP contribution < -0.4 is 4.90 Å². The van der Waals surface area contributed by atoms with Crippen LogP contribution in [0.1, 0.15) is 49.4 Å². The molecule has 0 radical (unpaired) electrons. The van der Waals surface area contributed by atoms with E-state index in [0.29, 0.717) is 12.2 Å². The summed E-state index contributed by atoms with van der Waals surface area (Å²) < 4.78 is 0. The zero-order valence-electron chi connectivity index (χ0n) is 12.1. The number of benzene rings is 1. The van der Waals surface area contributed by atoms with E-state index in [4.69, 9.17) is 5.11 Å². The molecule has 6 nitrogen and oxygen atoms in total. The van der Waals surface area contributed by atoms with E-state index in [0.717, 1.165) is 25.7 Å². The lowest BCUT2D eigenvalue weighted by Crippen LogP contribution is -2.37. The van der Waals surface area contributed by atoms with Gasteiger partial charge in [-0.2, -0.15) is 0 Å². The average molecular weight is 292 g/mol. The van der Waals surface area contributed by atoms with Crippen LogP contribution >= 0.6 is 0 Å². The summed E-state index contributed by atoms with van der Waals surface area (Å²) in [6.45, 7) is 2.58. The number of aromatic carboxylic acids is 1. The van der Waals surface area contributed by atoms with Gasteiger partial charge in [-0.25, -0.2) is 4.79 Å². The second-order valence-electron chi connectivity index (χ2n) is 5.34. The zero-order valence-corrected chi connectivity index (χ0v) is 12.1. The largest absolute Gasteiger partial charge is 0.478 e. The number of hydrogen-bond acceptors (Lipinski definition) is 4. The Labute approximate surface area is 123 Å². The number of carboxylic acid groups (broad SMARTS) is 1. The maximum absolute atomic E-state index is 11.2. The zero-order chi connectivity index (χ0) is 15.4. The topological polar surface area (TPSA) is 83.7 Å². The number of nitrogens with zero attached hydrogens (tertiary/aromatic N) is 2. The molecule has 114 valence electrons. The van der Waals surface area contributed by atoms with E-state index in [9.17, 15) is 14.9 Å². The van der Waals surface area contributed by atoms with E-state index in [1.54, 1.807) is 0 Å². The lowest BCUT2D eigenvalue weighted by molar-refractivity contribution is -0.384. The third-order valence-electron chi connectivity index (χ3n) is 4.08. The highest BCUT2D eigenvalue weighted by Gasteiger charge is 2.27. The van der Waals surface area contributed by atoms with Crippen molar-refractivity contribution in [3.8, 4) is 0 Å². The number of nitro benzene ring substituents is 1. The highest BCUT2D eigenvalue weighted by molar-refractivity contribution is 5.90. The Morgan fingerprint density at radius 2 is 2.05 bits per heavy atom. The van der Waals surface area contributed by atoms with E-state index in [-0.39, 0.29) is 17.3 Å². The molecular formula is C15H20N2O4. The molecule has 1 saturated carbocycles. The molecular weight excluding hydrogens is 272 g/mol. The molecule has 2 rings (SSSR count). The minimum atomic E-state index is -1.06. The van der Waals surface area contributed by atoms with Gasteiger partial charge in [0, 0.05) is 18.7 Å². The van der Waals surface area contributed by atoms with Crippen LogP contribution in [0.2, 0.25) is 0 Å². The van der Waals surface area contributed by atoms with E-state index in [2.05, 4.69) is 0 Å². The first kappa shape index (κ1) is 15.3. The van der Waals surface area contributed by atoms with Crippen molar-refractivity contribution in [2.24, 2.45) is 0 Å². The predicted octanol–water partition coefficient (Wildman–Crippen LogP) is 3.45. The Bertz CT molecular complexity index is 538. The lowest BCUT2D eigenvalue weighted by atomic mass is 9.93. The SMILES string of the molecule is CCN(c1cc(C(=O)O)ccc1[N+](=O)[O-])C1CCCCC1. The minimum Gasteiger partial charge on any atom is -0.478 e. The summed E-state index contributed by atoms with van der Waals surface area (Å²) in [6.07, 6.45) is 5.44. The van der Waals surface area contributed by atoms with Gasteiger partial charge in [-0.3, -0.25) is 10.1 Å².